The first kappa shape index (κ1) is 14.2. The van der Waals surface area contributed by atoms with Crippen LogP contribution >= 0.6 is 23.4 Å². The number of amides is 1. The predicted octanol–water partition coefficient (Wildman–Crippen LogP) is 2.80. The summed E-state index contributed by atoms with van der Waals surface area (Å²) in [5.41, 5.74) is -0.795. The average Bonchev–Trinajstić information content (AvgIpc) is 2.33. The molecule has 0 bridgehead atoms. The van der Waals surface area contributed by atoms with Crippen LogP contribution in [-0.4, -0.2) is 28.8 Å². The fourth-order valence-corrected chi connectivity index (χ4v) is 2.66. The van der Waals surface area contributed by atoms with Crippen molar-refractivity contribution in [2.45, 2.75) is 29.7 Å². The molecule has 0 atom stereocenters. The smallest absolute Gasteiger partial charge is 0.329 e. The van der Waals surface area contributed by atoms with Crippen LogP contribution in [0.5, 0.6) is 0 Å². The second kappa shape index (κ2) is 5.43. The van der Waals surface area contributed by atoms with E-state index in [2.05, 4.69) is 5.32 Å². The molecule has 1 aliphatic rings. The lowest BCUT2D eigenvalue weighted by molar-refractivity contribution is -0.148. The molecular formula is C13H14ClNO3S. The summed E-state index contributed by atoms with van der Waals surface area (Å²) in [6.07, 6.45) is 3.64. The van der Waals surface area contributed by atoms with Gasteiger partial charge in [0.2, 0.25) is 0 Å². The summed E-state index contributed by atoms with van der Waals surface area (Å²) in [4.78, 5) is 24.3. The summed E-state index contributed by atoms with van der Waals surface area (Å²) in [5, 5.41) is 12.1. The number of hydrogen-bond acceptors (Lipinski definition) is 3. The molecule has 0 saturated heterocycles. The van der Waals surface area contributed by atoms with Crippen LogP contribution < -0.4 is 5.32 Å². The van der Waals surface area contributed by atoms with E-state index in [1.54, 1.807) is 12.1 Å². The van der Waals surface area contributed by atoms with Crippen molar-refractivity contribution < 1.29 is 14.7 Å². The van der Waals surface area contributed by atoms with Crippen LogP contribution in [0.1, 0.15) is 29.6 Å². The fraction of sp³-hybridized carbons (Fsp3) is 0.385. The molecule has 1 amide bonds. The summed E-state index contributed by atoms with van der Waals surface area (Å²) in [6.45, 7) is 0. The Labute approximate surface area is 120 Å². The molecule has 0 aromatic heterocycles. The Morgan fingerprint density at radius 1 is 1.42 bits per heavy atom. The molecule has 2 N–H and O–H groups in total. The van der Waals surface area contributed by atoms with Crippen LogP contribution in [0.25, 0.3) is 0 Å². The third kappa shape index (κ3) is 2.72. The minimum Gasteiger partial charge on any atom is -0.480 e. The van der Waals surface area contributed by atoms with Gasteiger partial charge in [-0.3, -0.25) is 4.79 Å². The molecule has 1 saturated carbocycles. The Balaban J connectivity index is 2.22. The van der Waals surface area contributed by atoms with E-state index in [0.717, 1.165) is 11.3 Å². The van der Waals surface area contributed by atoms with Gasteiger partial charge < -0.3 is 10.4 Å². The molecule has 2 rings (SSSR count). The second-order valence-corrected chi connectivity index (χ2v) is 5.83. The van der Waals surface area contributed by atoms with Gasteiger partial charge in [-0.15, -0.1) is 11.8 Å². The molecule has 1 aromatic rings. The summed E-state index contributed by atoms with van der Waals surface area (Å²) in [7, 11) is 0. The summed E-state index contributed by atoms with van der Waals surface area (Å²) >= 11 is 7.50. The minimum absolute atomic E-state index is 0.320. The molecule has 4 nitrogen and oxygen atoms in total. The van der Waals surface area contributed by atoms with Gasteiger partial charge in [0.15, 0.2) is 0 Å². The van der Waals surface area contributed by atoms with Gasteiger partial charge in [-0.25, -0.2) is 4.79 Å². The Morgan fingerprint density at radius 3 is 2.58 bits per heavy atom. The average molecular weight is 300 g/mol. The second-order valence-electron chi connectivity index (χ2n) is 4.54. The van der Waals surface area contributed by atoms with E-state index in [9.17, 15) is 14.7 Å². The molecule has 0 aliphatic heterocycles. The number of rotatable bonds is 4. The van der Waals surface area contributed by atoms with Crippen LogP contribution in [0.4, 0.5) is 0 Å². The quantitative estimate of drug-likeness (QED) is 0.839. The third-order valence-corrected chi connectivity index (χ3v) is 4.44. The molecule has 0 unspecified atom stereocenters. The number of carboxylic acid groups (broad SMARTS) is 1. The number of halogens is 1. The highest BCUT2D eigenvalue weighted by Crippen LogP contribution is 2.33. The van der Waals surface area contributed by atoms with Gasteiger partial charge in [0, 0.05) is 4.90 Å². The van der Waals surface area contributed by atoms with Crippen LogP contribution in [0.15, 0.2) is 23.1 Å². The molecule has 0 heterocycles. The van der Waals surface area contributed by atoms with Crippen molar-refractivity contribution in [2.24, 2.45) is 0 Å². The van der Waals surface area contributed by atoms with E-state index in [-0.39, 0.29) is 0 Å². The lowest BCUT2D eigenvalue weighted by Gasteiger charge is -2.38. The molecule has 102 valence electrons. The van der Waals surface area contributed by atoms with E-state index >= 15 is 0 Å². The minimum atomic E-state index is -1.12. The number of carbonyl (C=O) groups is 2. The number of hydrogen-bond donors (Lipinski definition) is 2. The van der Waals surface area contributed by atoms with E-state index in [1.165, 1.54) is 11.8 Å². The zero-order chi connectivity index (χ0) is 14.0. The summed E-state index contributed by atoms with van der Waals surface area (Å²) in [5.74, 6) is -1.41. The number of carboxylic acids is 1. The van der Waals surface area contributed by atoms with Gasteiger partial charge in [-0.2, -0.15) is 0 Å². The van der Waals surface area contributed by atoms with Crippen molar-refractivity contribution in [3.8, 4) is 0 Å². The largest absolute Gasteiger partial charge is 0.480 e. The monoisotopic (exact) mass is 299 g/mol. The summed E-state index contributed by atoms with van der Waals surface area (Å²) in [6, 6.07) is 5.15. The van der Waals surface area contributed by atoms with Crippen LogP contribution in [0.3, 0.4) is 0 Å². The van der Waals surface area contributed by atoms with Crippen molar-refractivity contribution in [1.82, 2.24) is 5.32 Å². The number of aliphatic carboxylic acids is 1. The van der Waals surface area contributed by atoms with Crippen molar-refractivity contribution in [1.29, 1.82) is 0 Å². The van der Waals surface area contributed by atoms with Gasteiger partial charge in [0.05, 0.1) is 10.6 Å². The first-order valence-corrected chi connectivity index (χ1v) is 7.48. The molecule has 1 aromatic carbocycles. The van der Waals surface area contributed by atoms with Crippen LogP contribution in [-0.2, 0) is 4.79 Å². The van der Waals surface area contributed by atoms with Crippen LogP contribution in [0, 0.1) is 0 Å². The maximum Gasteiger partial charge on any atom is 0.329 e. The molecule has 0 spiro atoms. The van der Waals surface area contributed by atoms with Gasteiger partial charge in [0.25, 0.3) is 5.91 Å². The highest BCUT2D eigenvalue weighted by molar-refractivity contribution is 7.98. The Bertz CT molecular complexity index is 529. The van der Waals surface area contributed by atoms with E-state index in [0.29, 0.717) is 23.4 Å². The van der Waals surface area contributed by atoms with Gasteiger partial charge in [-0.1, -0.05) is 11.6 Å². The molecule has 0 radical (unpaired) electrons. The van der Waals surface area contributed by atoms with Crippen molar-refractivity contribution in [3.05, 3.63) is 28.8 Å². The van der Waals surface area contributed by atoms with Crippen LogP contribution in [0.2, 0.25) is 5.02 Å². The maximum atomic E-state index is 12.2. The molecule has 1 fully saturated rings. The summed E-state index contributed by atoms with van der Waals surface area (Å²) < 4.78 is 0. The number of nitrogens with one attached hydrogen (secondary N) is 1. The fourth-order valence-electron chi connectivity index (χ4n) is 2.01. The van der Waals surface area contributed by atoms with E-state index in [4.69, 9.17) is 11.6 Å². The van der Waals surface area contributed by atoms with Gasteiger partial charge in [0.1, 0.15) is 5.54 Å². The number of thioether (sulfide) groups is 1. The zero-order valence-corrected chi connectivity index (χ0v) is 12.0. The highest BCUT2D eigenvalue weighted by atomic mass is 35.5. The zero-order valence-electron chi connectivity index (χ0n) is 10.4. The Hall–Kier alpha value is -1.20. The third-order valence-electron chi connectivity index (χ3n) is 3.39. The topological polar surface area (TPSA) is 66.4 Å². The van der Waals surface area contributed by atoms with Crippen molar-refractivity contribution in [2.75, 3.05) is 6.26 Å². The predicted molar refractivity (Wildman–Crippen MR) is 74.9 cm³/mol. The highest BCUT2D eigenvalue weighted by Gasteiger charge is 2.45. The first-order chi connectivity index (χ1) is 8.98. The maximum absolute atomic E-state index is 12.2. The number of benzene rings is 1. The lowest BCUT2D eigenvalue weighted by atomic mass is 9.76. The van der Waals surface area contributed by atoms with Gasteiger partial charge in [-0.05, 0) is 43.7 Å². The lowest BCUT2D eigenvalue weighted by Crippen LogP contribution is -2.59. The first-order valence-electron chi connectivity index (χ1n) is 5.88. The molecule has 19 heavy (non-hydrogen) atoms. The molecule has 6 heteroatoms. The van der Waals surface area contributed by atoms with Crippen molar-refractivity contribution in [3.63, 3.8) is 0 Å². The number of carbonyl (C=O) groups excluding carboxylic acids is 1. The molecule has 1 aliphatic carbocycles. The van der Waals surface area contributed by atoms with Crippen molar-refractivity contribution >= 4 is 35.2 Å². The molecular weight excluding hydrogens is 286 g/mol. The Morgan fingerprint density at radius 2 is 2.11 bits per heavy atom. The standard InChI is InChI=1S/C13H14ClNO3S/c1-19-8-3-4-10(14)9(7-8)11(16)15-13(12(17)18)5-2-6-13/h3-4,7H,2,5-6H2,1H3,(H,15,16)(H,17,18). The van der Waals surface area contributed by atoms with E-state index < -0.39 is 17.4 Å². The van der Waals surface area contributed by atoms with Gasteiger partial charge >= 0.3 is 5.97 Å². The van der Waals surface area contributed by atoms with E-state index in [1.807, 2.05) is 12.3 Å². The Kier molecular flexibility index (Phi) is 4.06. The normalized spacial score (nSPS) is 16.5. The SMILES string of the molecule is CSc1ccc(Cl)c(C(=O)NC2(C(=O)O)CCC2)c1.